The van der Waals surface area contributed by atoms with Gasteiger partial charge in [-0.05, 0) is 44.0 Å². The summed E-state index contributed by atoms with van der Waals surface area (Å²) >= 11 is 12.2. The maximum absolute atomic E-state index is 13.3. The summed E-state index contributed by atoms with van der Waals surface area (Å²) in [5.41, 5.74) is -0.0625. The molecule has 2 aromatic rings. The largest absolute Gasteiger partial charge is 0.463 e. The highest BCUT2D eigenvalue weighted by Gasteiger charge is 2.41. The Morgan fingerprint density at radius 3 is 2.39 bits per heavy atom. The Bertz CT molecular complexity index is 1330. The third-order valence-electron chi connectivity index (χ3n) is 6.29. The van der Waals surface area contributed by atoms with Crippen LogP contribution in [0.3, 0.4) is 0 Å². The molecule has 1 aromatic heterocycles. The first-order valence-corrected chi connectivity index (χ1v) is 13.6. The molecule has 1 aliphatic heterocycles. The smallest absolute Gasteiger partial charge is 0.346 e. The van der Waals surface area contributed by atoms with Crippen molar-refractivity contribution in [1.29, 1.82) is 0 Å². The molecule has 13 heteroatoms. The van der Waals surface area contributed by atoms with Crippen molar-refractivity contribution in [2.45, 2.75) is 59.3 Å². The molecule has 0 unspecified atom stereocenters. The maximum atomic E-state index is 13.3. The molecule has 0 saturated carbocycles. The summed E-state index contributed by atoms with van der Waals surface area (Å²) in [5.74, 6) is -5.66. The van der Waals surface area contributed by atoms with Crippen molar-refractivity contribution in [3.8, 4) is 5.75 Å². The number of cyclic esters (lactones) is 2. The van der Waals surface area contributed by atoms with Crippen LogP contribution in [-0.2, 0) is 28.6 Å². The van der Waals surface area contributed by atoms with E-state index in [1.165, 1.54) is 31.3 Å². The molecule has 220 valence electrons. The number of carbonyl (C=O) groups is 5. The maximum Gasteiger partial charge on any atom is 0.346 e. The summed E-state index contributed by atoms with van der Waals surface area (Å²) in [6, 6.07) is 4.52. The van der Waals surface area contributed by atoms with E-state index in [0.717, 1.165) is 0 Å². The Morgan fingerprint density at radius 2 is 1.78 bits per heavy atom. The van der Waals surface area contributed by atoms with E-state index < -0.39 is 66.5 Å². The summed E-state index contributed by atoms with van der Waals surface area (Å²) in [4.78, 5) is 68.5. The van der Waals surface area contributed by atoms with Crippen LogP contribution in [0, 0.1) is 18.8 Å². The third-order valence-corrected chi connectivity index (χ3v) is 6.92. The van der Waals surface area contributed by atoms with Gasteiger partial charge >= 0.3 is 23.9 Å². The second-order valence-electron chi connectivity index (χ2n) is 9.66. The third kappa shape index (κ3) is 7.53. The monoisotopic (exact) mass is 608 g/mol. The van der Waals surface area contributed by atoms with Gasteiger partial charge in [0.15, 0.2) is 23.6 Å². The number of halogens is 2. The molecule has 0 aliphatic carbocycles. The van der Waals surface area contributed by atoms with Crippen molar-refractivity contribution in [3.63, 3.8) is 0 Å². The van der Waals surface area contributed by atoms with E-state index in [1.54, 1.807) is 33.8 Å². The van der Waals surface area contributed by atoms with Crippen LogP contribution in [0.1, 0.15) is 60.5 Å². The molecule has 1 amide bonds. The molecule has 1 aromatic carbocycles. The van der Waals surface area contributed by atoms with Crippen LogP contribution in [0.25, 0.3) is 0 Å². The van der Waals surface area contributed by atoms with E-state index in [0.29, 0.717) is 5.56 Å². The number of aryl methyl sites for hydroxylation is 1. The van der Waals surface area contributed by atoms with Gasteiger partial charge in [0.25, 0.3) is 5.91 Å². The van der Waals surface area contributed by atoms with E-state index in [-0.39, 0.29) is 33.5 Å². The van der Waals surface area contributed by atoms with Gasteiger partial charge in [0, 0.05) is 6.20 Å². The lowest BCUT2D eigenvalue weighted by molar-refractivity contribution is -0.176. The molecule has 1 fully saturated rings. The zero-order valence-corrected chi connectivity index (χ0v) is 24.6. The molecular formula is C28H30Cl2N2O9. The van der Waals surface area contributed by atoms with Gasteiger partial charge in [0.05, 0.1) is 27.4 Å². The molecule has 0 radical (unpaired) electrons. The number of nitrogens with one attached hydrogen (secondary N) is 1. The van der Waals surface area contributed by atoms with E-state index in [1.807, 2.05) is 0 Å². The zero-order chi connectivity index (χ0) is 30.4. The molecule has 1 N–H and O–H groups in total. The van der Waals surface area contributed by atoms with Crippen molar-refractivity contribution in [3.05, 3.63) is 57.3 Å². The van der Waals surface area contributed by atoms with Gasteiger partial charge in [-0.25, -0.2) is 14.6 Å². The number of aromatic nitrogens is 1. The molecular weight excluding hydrogens is 579 g/mol. The minimum atomic E-state index is -1.45. The number of hydrogen-bond donors (Lipinski definition) is 1. The second kappa shape index (κ2) is 13.8. The lowest BCUT2D eigenvalue weighted by Gasteiger charge is -2.29. The van der Waals surface area contributed by atoms with Gasteiger partial charge in [0.1, 0.15) is 12.7 Å². The molecule has 0 spiro atoms. The Hall–Kier alpha value is -3.70. The minimum absolute atomic E-state index is 0.0436. The van der Waals surface area contributed by atoms with Gasteiger partial charge < -0.3 is 24.3 Å². The Balaban J connectivity index is 1.85. The quantitative estimate of drug-likeness (QED) is 0.360. The lowest BCUT2D eigenvalue weighted by Crippen LogP contribution is -2.47. The molecule has 1 saturated heterocycles. The van der Waals surface area contributed by atoms with Gasteiger partial charge in [-0.2, -0.15) is 0 Å². The minimum Gasteiger partial charge on any atom is -0.463 e. The zero-order valence-electron chi connectivity index (χ0n) is 23.1. The fourth-order valence-electron chi connectivity index (χ4n) is 3.98. The predicted molar refractivity (Wildman–Crippen MR) is 147 cm³/mol. The molecule has 2 heterocycles. The molecule has 1 aliphatic rings. The number of benzene rings is 1. The van der Waals surface area contributed by atoms with Crippen molar-refractivity contribution in [2.75, 3.05) is 6.61 Å². The van der Waals surface area contributed by atoms with Crippen molar-refractivity contribution >= 4 is 53.0 Å². The van der Waals surface area contributed by atoms with Crippen LogP contribution in [0.2, 0.25) is 10.0 Å². The van der Waals surface area contributed by atoms with E-state index in [2.05, 4.69) is 10.3 Å². The van der Waals surface area contributed by atoms with Crippen LogP contribution >= 0.6 is 23.2 Å². The van der Waals surface area contributed by atoms with Crippen LogP contribution in [0.4, 0.5) is 0 Å². The first-order chi connectivity index (χ1) is 19.3. The van der Waals surface area contributed by atoms with E-state index in [9.17, 15) is 24.0 Å². The summed E-state index contributed by atoms with van der Waals surface area (Å²) < 4.78 is 21.8. The van der Waals surface area contributed by atoms with Gasteiger partial charge in [-0.15, -0.1) is 0 Å². The number of hydrogen-bond acceptors (Lipinski definition) is 10. The number of carbonyl (C=O) groups excluding carboxylic acids is 5. The molecule has 41 heavy (non-hydrogen) atoms. The fourth-order valence-corrected chi connectivity index (χ4v) is 4.53. The first-order valence-electron chi connectivity index (χ1n) is 12.9. The number of nitrogens with zero attached hydrogens (tertiary/aromatic N) is 1. The normalized spacial score (nSPS) is 21.1. The van der Waals surface area contributed by atoms with E-state index in [4.69, 9.17) is 42.1 Å². The standard InChI is InChI=1S/C28H30Cl2N2O9/c1-6-16-23(41-25(34)13(2)3)15(5)39-27(36)19(12-38-26(16)35)32-24(33)21-22(14(4)10-11-31-21)40-28(37)20-17(29)8-7-9-18(20)30/h7-11,13,15-16,19,23H,6,12H2,1-5H3,(H,32,33)/t15-,16+,19-,23-/m0/s1. The number of amides is 1. The number of pyridine rings is 1. The lowest BCUT2D eigenvalue weighted by atomic mass is 9.95. The van der Waals surface area contributed by atoms with Crippen LogP contribution in [0.5, 0.6) is 5.75 Å². The molecule has 4 atom stereocenters. The summed E-state index contributed by atoms with van der Waals surface area (Å²) in [7, 11) is 0. The summed E-state index contributed by atoms with van der Waals surface area (Å²) in [6.45, 7) is 7.47. The molecule has 3 rings (SSSR count). The van der Waals surface area contributed by atoms with Crippen molar-refractivity contribution < 1.29 is 42.9 Å². The SMILES string of the molecule is CC[C@H]1C(=O)OC[C@H](NC(=O)c2nccc(C)c2OC(=O)c2c(Cl)cccc2Cl)C(=O)O[C@@H](C)[C@@H]1OC(=O)C(C)C. The predicted octanol–water partition coefficient (Wildman–Crippen LogP) is 4.10. The number of ether oxygens (including phenoxy) is 4. The van der Waals surface area contributed by atoms with Gasteiger partial charge in [-0.1, -0.05) is 50.0 Å². The Kier molecular flexibility index (Phi) is 10.7. The van der Waals surface area contributed by atoms with Gasteiger partial charge in [0.2, 0.25) is 0 Å². The molecule has 11 nitrogen and oxygen atoms in total. The summed E-state index contributed by atoms with van der Waals surface area (Å²) in [5, 5.41) is 2.51. The van der Waals surface area contributed by atoms with Crippen LogP contribution in [0.15, 0.2) is 30.5 Å². The Labute approximate surface area is 246 Å². The highest BCUT2D eigenvalue weighted by molar-refractivity contribution is 6.39. The van der Waals surface area contributed by atoms with Crippen LogP contribution in [-0.4, -0.2) is 59.6 Å². The average molecular weight is 609 g/mol. The van der Waals surface area contributed by atoms with E-state index >= 15 is 0 Å². The Morgan fingerprint density at radius 1 is 1.12 bits per heavy atom. The summed E-state index contributed by atoms with van der Waals surface area (Å²) in [6.07, 6.45) is -0.575. The fraction of sp³-hybridized carbons (Fsp3) is 0.429. The topological polar surface area (TPSA) is 147 Å². The van der Waals surface area contributed by atoms with Gasteiger partial charge in [-0.3, -0.25) is 14.4 Å². The highest BCUT2D eigenvalue weighted by atomic mass is 35.5. The average Bonchev–Trinajstić information content (AvgIpc) is 2.94. The second-order valence-corrected chi connectivity index (χ2v) is 10.5. The highest BCUT2D eigenvalue weighted by Crippen LogP contribution is 2.29. The first kappa shape index (κ1) is 31.8. The van der Waals surface area contributed by atoms with Crippen LogP contribution < -0.4 is 10.1 Å². The number of esters is 4. The molecule has 0 bridgehead atoms. The van der Waals surface area contributed by atoms with Crippen molar-refractivity contribution in [2.24, 2.45) is 11.8 Å². The number of rotatable bonds is 7. The van der Waals surface area contributed by atoms with Crippen molar-refractivity contribution in [1.82, 2.24) is 10.3 Å².